The maximum absolute atomic E-state index is 11.8. The van der Waals surface area contributed by atoms with Crippen LogP contribution in [0.25, 0.3) is 0 Å². The van der Waals surface area contributed by atoms with Gasteiger partial charge in [0, 0.05) is 12.0 Å². The molecule has 1 atom stereocenters. The number of amidine groups is 1. The summed E-state index contributed by atoms with van der Waals surface area (Å²) in [7, 11) is 0. The largest absolute Gasteiger partial charge is 0.346 e. The molecule has 4 rings (SSSR count). The van der Waals surface area contributed by atoms with Gasteiger partial charge < -0.3 is 5.11 Å². The van der Waals surface area contributed by atoms with Crippen LogP contribution in [0, 0.1) is 6.92 Å². The Morgan fingerprint density at radius 1 is 0.958 bits per heavy atom. The Kier molecular flexibility index (Phi) is 3.89. The normalized spacial score (nSPS) is 24.0. The summed E-state index contributed by atoms with van der Waals surface area (Å²) in [6, 6.07) is 18.6. The van der Waals surface area contributed by atoms with Gasteiger partial charge in [0.05, 0.1) is 6.54 Å². The minimum atomic E-state index is -0.998. The zero-order valence-corrected chi connectivity index (χ0v) is 14.3. The second kappa shape index (κ2) is 6.06. The van der Waals surface area contributed by atoms with Crippen molar-refractivity contribution >= 4 is 11.5 Å². The van der Waals surface area contributed by atoms with Crippen molar-refractivity contribution in [3.63, 3.8) is 0 Å². The third-order valence-electron chi connectivity index (χ3n) is 5.26. The lowest BCUT2D eigenvalue weighted by atomic mass is 9.99. The van der Waals surface area contributed by atoms with E-state index in [9.17, 15) is 5.11 Å². The number of anilines is 1. The maximum atomic E-state index is 11.8. The fourth-order valence-electron chi connectivity index (χ4n) is 4.00. The molecule has 24 heavy (non-hydrogen) atoms. The van der Waals surface area contributed by atoms with Crippen LogP contribution in [0.1, 0.15) is 36.8 Å². The van der Waals surface area contributed by atoms with E-state index in [1.165, 1.54) is 30.7 Å². The molecule has 0 bridgehead atoms. The summed E-state index contributed by atoms with van der Waals surface area (Å²) in [4.78, 5) is 2.17. The van der Waals surface area contributed by atoms with Gasteiger partial charge in [-0.05, 0) is 38.3 Å². The summed E-state index contributed by atoms with van der Waals surface area (Å²) < 4.78 is 2.39. The lowest BCUT2D eigenvalue weighted by Gasteiger charge is -2.29. The van der Waals surface area contributed by atoms with Crippen LogP contribution in [0.2, 0.25) is 0 Å². The molecular formula is C21H25N2O+. The fourth-order valence-corrected chi connectivity index (χ4v) is 4.00. The minimum absolute atomic E-state index is 0.639. The van der Waals surface area contributed by atoms with Crippen molar-refractivity contribution in [1.29, 1.82) is 0 Å². The molecule has 0 amide bonds. The lowest BCUT2D eigenvalue weighted by Crippen LogP contribution is -2.47. The molecule has 0 aliphatic carbocycles. The van der Waals surface area contributed by atoms with E-state index in [1.807, 2.05) is 18.2 Å². The first kappa shape index (κ1) is 15.4. The molecule has 2 aromatic carbocycles. The van der Waals surface area contributed by atoms with Crippen molar-refractivity contribution in [3.05, 3.63) is 65.7 Å². The minimum Gasteiger partial charge on any atom is -0.346 e. The van der Waals surface area contributed by atoms with Crippen LogP contribution >= 0.6 is 0 Å². The topological polar surface area (TPSA) is 26.5 Å². The van der Waals surface area contributed by atoms with Crippen molar-refractivity contribution in [2.75, 3.05) is 18.0 Å². The van der Waals surface area contributed by atoms with Gasteiger partial charge in [0.15, 0.2) is 6.54 Å². The first-order chi connectivity index (χ1) is 11.7. The lowest BCUT2D eigenvalue weighted by molar-refractivity contribution is -0.534. The Labute approximate surface area is 143 Å². The molecule has 0 fully saturated rings. The third kappa shape index (κ3) is 2.53. The van der Waals surface area contributed by atoms with E-state index < -0.39 is 5.72 Å². The van der Waals surface area contributed by atoms with Gasteiger partial charge in [0.2, 0.25) is 0 Å². The van der Waals surface area contributed by atoms with Gasteiger partial charge in [-0.15, -0.1) is 0 Å². The molecule has 0 saturated carbocycles. The van der Waals surface area contributed by atoms with Crippen LogP contribution < -0.4 is 4.90 Å². The van der Waals surface area contributed by atoms with E-state index >= 15 is 0 Å². The summed E-state index contributed by atoms with van der Waals surface area (Å²) in [5, 5.41) is 11.8. The van der Waals surface area contributed by atoms with Crippen molar-refractivity contribution in [2.45, 2.75) is 38.3 Å². The highest BCUT2D eigenvalue weighted by Crippen LogP contribution is 2.37. The average molecular weight is 321 g/mol. The first-order valence-electron chi connectivity index (χ1n) is 8.94. The van der Waals surface area contributed by atoms with E-state index in [0.29, 0.717) is 6.54 Å². The summed E-state index contributed by atoms with van der Waals surface area (Å²) in [5.74, 6) is 1.27. The molecule has 0 unspecified atom stereocenters. The zero-order chi connectivity index (χ0) is 16.6. The van der Waals surface area contributed by atoms with Gasteiger partial charge in [-0.3, -0.25) is 4.58 Å². The average Bonchev–Trinajstić information content (AvgIpc) is 2.73. The van der Waals surface area contributed by atoms with Crippen LogP contribution in [0.4, 0.5) is 5.69 Å². The van der Waals surface area contributed by atoms with Gasteiger partial charge in [-0.25, -0.2) is 0 Å². The van der Waals surface area contributed by atoms with Gasteiger partial charge >= 0.3 is 0 Å². The van der Waals surface area contributed by atoms with E-state index in [1.54, 1.807) is 0 Å². The Hall–Kier alpha value is -2.13. The standard InChI is InChI=1S/C21H25N2O/c1-17-11-13-18(14-12-17)21(24)16-22-15-7-3-6-10-20(22)23(21)19-8-4-2-5-9-19/h2,4-5,8-9,11-14,24H,3,6-7,10,15-16H2,1H3/q+1/t21-/m0/s1. The number of nitrogens with zero attached hydrogens (tertiary/aromatic N) is 2. The molecule has 0 spiro atoms. The van der Waals surface area contributed by atoms with Crippen LogP contribution in [0.3, 0.4) is 0 Å². The van der Waals surface area contributed by atoms with Crippen LogP contribution in [0.15, 0.2) is 54.6 Å². The highest BCUT2D eigenvalue weighted by Gasteiger charge is 2.53. The third-order valence-corrected chi connectivity index (χ3v) is 5.26. The number of benzene rings is 2. The Morgan fingerprint density at radius 3 is 2.46 bits per heavy atom. The molecule has 1 N–H and O–H groups in total. The summed E-state index contributed by atoms with van der Waals surface area (Å²) >= 11 is 0. The number of hydrogen-bond donors (Lipinski definition) is 1. The quantitative estimate of drug-likeness (QED) is 0.855. The smallest absolute Gasteiger partial charge is 0.275 e. The molecule has 124 valence electrons. The number of para-hydroxylation sites is 1. The van der Waals surface area contributed by atoms with E-state index in [2.05, 4.69) is 52.8 Å². The SMILES string of the molecule is Cc1ccc([C@@]2(O)C[N+]3=C(CCCCC3)N2c2ccccc2)cc1. The molecule has 0 aromatic heterocycles. The molecule has 2 heterocycles. The first-order valence-corrected chi connectivity index (χ1v) is 8.94. The predicted molar refractivity (Wildman–Crippen MR) is 97.5 cm³/mol. The molecule has 2 aliphatic heterocycles. The van der Waals surface area contributed by atoms with E-state index in [-0.39, 0.29) is 0 Å². The molecule has 3 nitrogen and oxygen atoms in total. The molecule has 3 heteroatoms. The van der Waals surface area contributed by atoms with E-state index in [0.717, 1.165) is 24.2 Å². The highest BCUT2D eigenvalue weighted by atomic mass is 16.3. The van der Waals surface area contributed by atoms with Crippen molar-refractivity contribution in [1.82, 2.24) is 0 Å². The Morgan fingerprint density at radius 2 is 1.71 bits per heavy atom. The summed E-state index contributed by atoms with van der Waals surface area (Å²) in [6.45, 7) is 3.76. The van der Waals surface area contributed by atoms with Crippen LogP contribution in [0.5, 0.6) is 0 Å². The molecule has 2 aromatic rings. The van der Waals surface area contributed by atoms with Gasteiger partial charge in [0.1, 0.15) is 5.69 Å². The zero-order valence-electron chi connectivity index (χ0n) is 14.3. The maximum Gasteiger partial charge on any atom is 0.275 e. The number of aliphatic hydroxyl groups is 1. The van der Waals surface area contributed by atoms with Crippen LogP contribution in [-0.2, 0) is 5.72 Å². The monoisotopic (exact) mass is 321 g/mol. The molecular weight excluding hydrogens is 296 g/mol. The number of hydrogen-bond acceptors (Lipinski definition) is 2. The van der Waals surface area contributed by atoms with Crippen molar-refractivity contribution in [2.24, 2.45) is 0 Å². The summed E-state index contributed by atoms with van der Waals surface area (Å²) in [6.07, 6.45) is 4.70. The van der Waals surface area contributed by atoms with E-state index in [4.69, 9.17) is 0 Å². The molecule has 2 aliphatic rings. The molecule has 0 radical (unpaired) electrons. The van der Waals surface area contributed by atoms with Crippen molar-refractivity contribution < 1.29 is 9.68 Å². The highest BCUT2D eigenvalue weighted by molar-refractivity contribution is 5.97. The van der Waals surface area contributed by atoms with Crippen molar-refractivity contribution in [3.8, 4) is 0 Å². The van der Waals surface area contributed by atoms with Crippen LogP contribution in [-0.4, -0.2) is 28.6 Å². The Balaban J connectivity index is 1.83. The number of aryl methyl sites for hydroxylation is 1. The van der Waals surface area contributed by atoms with Gasteiger partial charge in [-0.2, -0.15) is 4.90 Å². The van der Waals surface area contributed by atoms with Gasteiger partial charge in [-0.1, -0.05) is 48.0 Å². The van der Waals surface area contributed by atoms with Gasteiger partial charge in [0.25, 0.3) is 11.6 Å². The Bertz CT molecular complexity index is 751. The fraction of sp³-hybridized carbons (Fsp3) is 0.381. The number of rotatable bonds is 2. The molecule has 0 saturated heterocycles. The second-order valence-corrected chi connectivity index (χ2v) is 7.00. The predicted octanol–water partition coefficient (Wildman–Crippen LogP) is 3.65. The second-order valence-electron chi connectivity index (χ2n) is 7.00. The summed E-state index contributed by atoms with van der Waals surface area (Å²) in [5.41, 5.74) is 2.26.